The fraction of sp³-hybridized carbons (Fsp3) is 0.467. The van der Waals surface area contributed by atoms with E-state index in [0.29, 0.717) is 5.71 Å². The first-order valence-corrected chi connectivity index (χ1v) is 6.91. The van der Waals surface area contributed by atoms with Gasteiger partial charge in [-0.1, -0.05) is 24.6 Å². The predicted octanol–water partition coefficient (Wildman–Crippen LogP) is 2.41. The van der Waals surface area contributed by atoms with Crippen molar-refractivity contribution in [3.63, 3.8) is 0 Å². The zero-order valence-electron chi connectivity index (χ0n) is 11.2. The molecule has 1 spiro atoms. The lowest BCUT2D eigenvalue weighted by molar-refractivity contribution is -1.00. The van der Waals surface area contributed by atoms with Gasteiger partial charge in [-0.15, -0.1) is 0 Å². The molecule has 4 heteroatoms. The molecule has 1 fully saturated rings. The van der Waals surface area contributed by atoms with Crippen molar-refractivity contribution in [2.24, 2.45) is 0 Å². The average molecular weight is 260 g/mol. The van der Waals surface area contributed by atoms with Gasteiger partial charge in [0.2, 0.25) is 0 Å². The van der Waals surface area contributed by atoms with Crippen LogP contribution in [0.2, 0.25) is 0 Å². The quantitative estimate of drug-likeness (QED) is 0.601. The van der Waals surface area contributed by atoms with Gasteiger partial charge in [-0.2, -0.15) is 0 Å². The molecule has 0 aromatic heterocycles. The van der Waals surface area contributed by atoms with E-state index < -0.39 is 5.66 Å². The van der Waals surface area contributed by atoms with Crippen LogP contribution in [0.4, 0.5) is 0 Å². The largest absolute Gasteiger partial charge is 0.441 e. The van der Waals surface area contributed by atoms with Crippen molar-refractivity contribution < 1.29 is 19.9 Å². The first-order chi connectivity index (χ1) is 9.17. The second-order valence-electron chi connectivity index (χ2n) is 5.47. The Hall–Kier alpha value is -1.84. The third-order valence-corrected chi connectivity index (χ3v) is 4.36. The summed E-state index contributed by atoms with van der Waals surface area (Å²) in [6, 6.07) is 9.74. The number of hydrogen-bond acceptors (Lipinski definition) is 2. The molecule has 1 aromatic carbocycles. The van der Waals surface area contributed by atoms with Crippen molar-refractivity contribution >= 4 is 11.4 Å². The first-order valence-electron chi connectivity index (χ1n) is 6.91. The van der Waals surface area contributed by atoms with Gasteiger partial charge in [0, 0.05) is 6.92 Å². The number of nitrogens with zero attached hydrogens (tertiary/aromatic N) is 2. The van der Waals surface area contributed by atoms with Crippen LogP contribution < -0.4 is 0 Å². The van der Waals surface area contributed by atoms with E-state index in [4.69, 9.17) is 0 Å². The van der Waals surface area contributed by atoms with E-state index in [1.54, 1.807) is 0 Å². The molecule has 0 unspecified atom stereocenters. The summed E-state index contributed by atoms with van der Waals surface area (Å²) in [6.07, 6.45) is 4.80. The second-order valence-corrected chi connectivity index (χ2v) is 5.47. The van der Waals surface area contributed by atoms with Crippen molar-refractivity contribution in [1.29, 1.82) is 0 Å². The van der Waals surface area contributed by atoms with Gasteiger partial charge in [0.25, 0.3) is 0 Å². The van der Waals surface area contributed by atoms with Crippen molar-refractivity contribution in [2.45, 2.75) is 44.7 Å². The number of hydroxylamine groups is 2. The summed E-state index contributed by atoms with van der Waals surface area (Å²) in [4.78, 5) is 0. The molecule has 4 nitrogen and oxygen atoms in total. The fourth-order valence-electron chi connectivity index (χ4n) is 3.33. The molecule has 0 amide bonds. The van der Waals surface area contributed by atoms with Gasteiger partial charge in [0.05, 0.1) is 27.9 Å². The van der Waals surface area contributed by atoms with E-state index in [1.165, 1.54) is 15.9 Å². The van der Waals surface area contributed by atoms with Gasteiger partial charge in [0.15, 0.2) is 0 Å². The minimum atomic E-state index is -0.659. The van der Waals surface area contributed by atoms with E-state index in [0.717, 1.165) is 37.0 Å². The average Bonchev–Trinajstić information content (AvgIpc) is 2.63. The summed E-state index contributed by atoms with van der Waals surface area (Å²) in [5.74, 6) is 0. The van der Waals surface area contributed by atoms with Crippen molar-refractivity contribution in [3.05, 3.63) is 35.9 Å². The van der Waals surface area contributed by atoms with Gasteiger partial charge in [-0.25, -0.2) is 0 Å². The highest BCUT2D eigenvalue weighted by Crippen LogP contribution is 2.34. The SMILES string of the molecule is CC1=[N+](O)C2(CCCCC2)[N+](O)=C1c1ccccc1. The Kier molecular flexibility index (Phi) is 2.81. The third-order valence-electron chi connectivity index (χ3n) is 4.36. The van der Waals surface area contributed by atoms with Crippen LogP contribution in [0.3, 0.4) is 0 Å². The van der Waals surface area contributed by atoms with E-state index in [2.05, 4.69) is 0 Å². The highest BCUT2D eigenvalue weighted by Gasteiger charge is 2.64. The molecule has 1 saturated carbocycles. The van der Waals surface area contributed by atoms with Crippen LogP contribution in [0.5, 0.6) is 0 Å². The summed E-state index contributed by atoms with van der Waals surface area (Å²) in [5.41, 5.74) is 1.71. The molecular formula is C15H20N2O2+2. The molecule has 0 radical (unpaired) electrons. The van der Waals surface area contributed by atoms with Gasteiger partial charge < -0.3 is 0 Å². The number of benzene rings is 1. The highest BCUT2D eigenvalue weighted by atomic mass is 16.5. The molecule has 1 aliphatic heterocycles. The van der Waals surface area contributed by atoms with Crippen molar-refractivity contribution in [2.75, 3.05) is 0 Å². The Morgan fingerprint density at radius 1 is 0.947 bits per heavy atom. The number of rotatable bonds is 1. The molecule has 1 aliphatic carbocycles. The summed E-state index contributed by atoms with van der Waals surface area (Å²) in [5, 5.41) is 21.1. The molecule has 0 saturated heterocycles. The fourth-order valence-corrected chi connectivity index (χ4v) is 3.33. The van der Waals surface area contributed by atoms with Crippen molar-refractivity contribution in [3.8, 4) is 0 Å². The molecule has 2 aliphatic rings. The van der Waals surface area contributed by atoms with E-state index in [1.807, 2.05) is 37.3 Å². The maximum Gasteiger partial charge on any atom is 0.441 e. The maximum absolute atomic E-state index is 10.6. The second kappa shape index (κ2) is 4.37. The zero-order valence-corrected chi connectivity index (χ0v) is 11.2. The minimum Gasteiger partial charge on any atom is -0.284 e. The van der Waals surface area contributed by atoms with E-state index in [-0.39, 0.29) is 0 Å². The monoisotopic (exact) mass is 260 g/mol. The molecule has 100 valence electrons. The van der Waals surface area contributed by atoms with Crippen LogP contribution >= 0.6 is 0 Å². The van der Waals surface area contributed by atoms with Crippen molar-refractivity contribution in [1.82, 2.24) is 0 Å². The number of hydrogen-bond donors (Lipinski definition) is 2. The molecule has 0 bridgehead atoms. The topological polar surface area (TPSA) is 46.5 Å². The molecule has 3 rings (SSSR count). The van der Waals surface area contributed by atoms with E-state index in [9.17, 15) is 10.4 Å². The van der Waals surface area contributed by atoms with Crippen LogP contribution in [0.15, 0.2) is 30.3 Å². The van der Waals surface area contributed by atoms with Gasteiger partial charge in [-0.05, 0) is 25.0 Å². The minimum absolute atomic E-state index is 0.659. The Morgan fingerprint density at radius 2 is 1.58 bits per heavy atom. The third kappa shape index (κ3) is 1.66. The van der Waals surface area contributed by atoms with Gasteiger partial charge in [0.1, 0.15) is 0 Å². The molecule has 1 heterocycles. The Balaban J connectivity index is 2.14. The van der Waals surface area contributed by atoms with Crippen LogP contribution in [-0.4, -0.2) is 37.0 Å². The normalized spacial score (nSPS) is 22.4. The lowest BCUT2D eigenvalue weighted by Crippen LogP contribution is -2.48. The molecule has 1 aromatic rings. The van der Waals surface area contributed by atoms with E-state index >= 15 is 0 Å². The molecular weight excluding hydrogens is 240 g/mol. The highest BCUT2D eigenvalue weighted by molar-refractivity contribution is 6.44. The Bertz CT molecular complexity index is 555. The Morgan fingerprint density at radius 3 is 2.21 bits per heavy atom. The van der Waals surface area contributed by atoms with Crippen LogP contribution in [0.25, 0.3) is 0 Å². The summed E-state index contributed by atoms with van der Waals surface area (Å²) in [6.45, 7) is 1.86. The summed E-state index contributed by atoms with van der Waals surface area (Å²) >= 11 is 0. The van der Waals surface area contributed by atoms with Crippen LogP contribution in [-0.2, 0) is 0 Å². The lowest BCUT2D eigenvalue weighted by atomic mass is 9.90. The first kappa shape index (κ1) is 12.2. The lowest BCUT2D eigenvalue weighted by Gasteiger charge is -2.20. The van der Waals surface area contributed by atoms with Crippen LogP contribution in [0.1, 0.15) is 44.6 Å². The molecule has 0 atom stereocenters. The predicted molar refractivity (Wildman–Crippen MR) is 71.1 cm³/mol. The maximum atomic E-state index is 10.6. The van der Waals surface area contributed by atoms with Gasteiger partial charge in [-0.3, -0.25) is 10.4 Å². The zero-order chi connectivity index (χ0) is 13.5. The summed E-state index contributed by atoms with van der Waals surface area (Å²) in [7, 11) is 0. The smallest absolute Gasteiger partial charge is 0.284 e. The Labute approximate surface area is 112 Å². The van der Waals surface area contributed by atoms with Gasteiger partial charge >= 0.3 is 17.1 Å². The van der Waals surface area contributed by atoms with Crippen LogP contribution in [0, 0.1) is 0 Å². The summed E-state index contributed by atoms with van der Waals surface area (Å²) < 4.78 is 2.56. The molecule has 2 N–H and O–H groups in total. The molecule has 19 heavy (non-hydrogen) atoms. The standard InChI is InChI=1S/C15H20N2O2/c1-12-14(13-8-4-2-5-9-13)17(19)15(16(12)18)10-6-3-7-11-15/h2,4-5,8-9,18-19H,3,6-7,10-11H2,1H3/q+2.